The summed E-state index contributed by atoms with van der Waals surface area (Å²) in [5.74, 6) is 0. The molecule has 0 aromatic heterocycles. The second-order valence-corrected chi connectivity index (χ2v) is 4.22. The number of alkyl halides is 2. The molecule has 1 aliphatic heterocycles. The number of hydrogen-bond acceptors (Lipinski definition) is 1. The Kier molecular flexibility index (Phi) is 3.60. The Balaban J connectivity index is 2.39. The monoisotopic (exact) mass is 247 g/mol. The van der Waals surface area contributed by atoms with Crippen molar-refractivity contribution in [3.63, 3.8) is 0 Å². The molecule has 0 saturated heterocycles. The lowest BCUT2D eigenvalue weighted by molar-refractivity contribution is 0.123. The third-order valence-electron chi connectivity index (χ3n) is 2.95. The van der Waals surface area contributed by atoms with Crippen molar-refractivity contribution in [1.82, 2.24) is 4.90 Å². The molecular formula is C15H15F2N. The third-order valence-corrected chi connectivity index (χ3v) is 2.95. The van der Waals surface area contributed by atoms with E-state index in [-0.39, 0.29) is 6.54 Å². The highest BCUT2D eigenvalue weighted by atomic mass is 19.3. The van der Waals surface area contributed by atoms with Gasteiger partial charge < -0.3 is 4.90 Å². The van der Waals surface area contributed by atoms with Crippen molar-refractivity contribution in [2.75, 3.05) is 6.54 Å². The van der Waals surface area contributed by atoms with E-state index in [4.69, 9.17) is 0 Å². The number of benzene rings is 1. The fourth-order valence-electron chi connectivity index (χ4n) is 1.96. The van der Waals surface area contributed by atoms with Crippen molar-refractivity contribution in [1.29, 1.82) is 0 Å². The van der Waals surface area contributed by atoms with E-state index in [1.54, 1.807) is 4.90 Å². The van der Waals surface area contributed by atoms with Gasteiger partial charge in [0.05, 0.1) is 6.54 Å². The van der Waals surface area contributed by atoms with Gasteiger partial charge in [-0.1, -0.05) is 43.0 Å². The summed E-state index contributed by atoms with van der Waals surface area (Å²) < 4.78 is 25.4. The van der Waals surface area contributed by atoms with Gasteiger partial charge in [0.15, 0.2) is 0 Å². The lowest BCUT2D eigenvalue weighted by Gasteiger charge is -2.32. The van der Waals surface area contributed by atoms with Crippen molar-refractivity contribution in [2.24, 2.45) is 0 Å². The third kappa shape index (κ3) is 2.50. The topological polar surface area (TPSA) is 3.24 Å². The number of hydrogen-bond donors (Lipinski definition) is 0. The van der Waals surface area contributed by atoms with Gasteiger partial charge in [0.25, 0.3) is 6.43 Å². The van der Waals surface area contributed by atoms with Crippen LogP contribution in [0.4, 0.5) is 8.78 Å². The Hall–Kier alpha value is -1.90. The Morgan fingerprint density at radius 1 is 1.17 bits per heavy atom. The summed E-state index contributed by atoms with van der Waals surface area (Å²) in [5.41, 5.74) is 3.24. The number of rotatable bonds is 3. The van der Waals surface area contributed by atoms with Crippen LogP contribution in [0.25, 0.3) is 5.70 Å². The van der Waals surface area contributed by atoms with Crippen LogP contribution in [0.3, 0.4) is 0 Å². The van der Waals surface area contributed by atoms with Gasteiger partial charge in [0.2, 0.25) is 0 Å². The van der Waals surface area contributed by atoms with E-state index in [1.165, 1.54) is 0 Å². The van der Waals surface area contributed by atoms with E-state index in [9.17, 15) is 8.78 Å². The SMILES string of the molecule is C=C1C(C)=CC=C(c2ccccc2)N1CC(F)F. The van der Waals surface area contributed by atoms with Crippen molar-refractivity contribution in [3.05, 3.63) is 65.9 Å². The zero-order valence-electron chi connectivity index (χ0n) is 10.2. The minimum absolute atomic E-state index is 0.329. The second-order valence-electron chi connectivity index (χ2n) is 4.22. The van der Waals surface area contributed by atoms with Crippen molar-refractivity contribution >= 4 is 5.70 Å². The lowest BCUT2D eigenvalue weighted by atomic mass is 10.0. The molecule has 0 fully saturated rings. The first kappa shape index (κ1) is 12.6. The van der Waals surface area contributed by atoms with E-state index in [0.717, 1.165) is 16.8 Å². The van der Waals surface area contributed by atoms with E-state index < -0.39 is 6.43 Å². The summed E-state index contributed by atoms with van der Waals surface area (Å²) >= 11 is 0. The Morgan fingerprint density at radius 3 is 2.44 bits per heavy atom. The first-order valence-electron chi connectivity index (χ1n) is 5.78. The standard InChI is InChI=1S/C15H15F2N/c1-11-8-9-14(13-6-4-3-5-7-13)18(12(11)2)10-15(16)17/h3-9,15H,2,10H2,1H3. The highest BCUT2D eigenvalue weighted by Crippen LogP contribution is 2.30. The lowest BCUT2D eigenvalue weighted by Crippen LogP contribution is -2.28. The van der Waals surface area contributed by atoms with Crippen LogP contribution in [0.15, 0.2) is 60.3 Å². The average Bonchev–Trinajstić information content (AvgIpc) is 2.36. The molecular weight excluding hydrogens is 232 g/mol. The predicted molar refractivity (Wildman–Crippen MR) is 70.0 cm³/mol. The fourth-order valence-corrected chi connectivity index (χ4v) is 1.96. The molecule has 0 aliphatic carbocycles. The molecule has 0 spiro atoms. The molecule has 18 heavy (non-hydrogen) atoms. The number of halogens is 2. The summed E-state index contributed by atoms with van der Waals surface area (Å²) in [4.78, 5) is 1.58. The molecule has 1 aromatic carbocycles. The predicted octanol–water partition coefficient (Wildman–Crippen LogP) is 4.07. The van der Waals surface area contributed by atoms with Crippen LogP contribution >= 0.6 is 0 Å². The minimum Gasteiger partial charge on any atom is -0.336 e. The molecule has 0 bridgehead atoms. The summed E-state index contributed by atoms with van der Waals surface area (Å²) in [6.45, 7) is 5.43. The smallest absolute Gasteiger partial charge is 0.256 e. The van der Waals surface area contributed by atoms with Crippen molar-refractivity contribution in [2.45, 2.75) is 13.3 Å². The quantitative estimate of drug-likeness (QED) is 0.778. The van der Waals surface area contributed by atoms with Gasteiger partial charge in [-0.25, -0.2) is 8.78 Å². The zero-order valence-corrected chi connectivity index (χ0v) is 10.2. The van der Waals surface area contributed by atoms with Gasteiger partial charge in [-0.3, -0.25) is 0 Å². The Morgan fingerprint density at radius 2 is 1.83 bits per heavy atom. The normalized spacial score (nSPS) is 15.8. The van der Waals surface area contributed by atoms with Crippen LogP contribution < -0.4 is 0 Å². The van der Waals surface area contributed by atoms with Crippen molar-refractivity contribution in [3.8, 4) is 0 Å². The summed E-state index contributed by atoms with van der Waals surface area (Å²) in [6, 6.07) is 9.51. The van der Waals surface area contributed by atoms with Gasteiger partial charge in [-0.15, -0.1) is 0 Å². The molecule has 1 aromatic rings. The molecule has 3 heteroatoms. The van der Waals surface area contributed by atoms with Gasteiger partial charge in [0, 0.05) is 11.4 Å². The van der Waals surface area contributed by atoms with E-state index in [1.807, 2.05) is 49.4 Å². The maximum absolute atomic E-state index is 12.7. The molecule has 1 heterocycles. The van der Waals surface area contributed by atoms with Crippen LogP contribution in [0, 0.1) is 0 Å². The molecule has 0 amide bonds. The van der Waals surface area contributed by atoms with Crippen molar-refractivity contribution < 1.29 is 8.78 Å². The maximum atomic E-state index is 12.7. The molecule has 0 atom stereocenters. The molecule has 0 N–H and O–H groups in total. The Bertz CT molecular complexity index is 500. The minimum atomic E-state index is -2.39. The van der Waals surface area contributed by atoms with E-state index >= 15 is 0 Å². The molecule has 94 valence electrons. The summed E-state index contributed by atoms with van der Waals surface area (Å²) in [7, 11) is 0. The molecule has 0 saturated carbocycles. The zero-order chi connectivity index (χ0) is 13.1. The highest BCUT2D eigenvalue weighted by Gasteiger charge is 2.21. The average molecular weight is 247 g/mol. The first-order valence-corrected chi connectivity index (χ1v) is 5.78. The van der Waals surface area contributed by atoms with Crippen LogP contribution in [-0.4, -0.2) is 17.9 Å². The second kappa shape index (κ2) is 5.17. The van der Waals surface area contributed by atoms with Crippen LogP contribution in [0.5, 0.6) is 0 Å². The molecule has 1 nitrogen and oxygen atoms in total. The molecule has 1 aliphatic rings. The first-order chi connectivity index (χ1) is 8.59. The van der Waals surface area contributed by atoms with Gasteiger partial charge in [-0.2, -0.15) is 0 Å². The summed E-state index contributed by atoms with van der Waals surface area (Å²) in [5, 5.41) is 0. The van der Waals surface area contributed by atoms with Crippen LogP contribution in [0.2, 0.25) is 0 Å². The van der Waals surface area contributed by atoms with Gasteiger partial charge >= 0.3 is 0 Å². The summed E-state index contributed by atoms with van der Waals surface area (Å²) in [6.07, 6.45) is 1.38. The van der Waals surface area contributed by atoms with Crippen LogP contribution in [-0.2, 0) is 0 Å². The number of allylic oxidation sites excluding steroid dienone is 3. The number of nitrogens with zero attached hydrogens (tertiary/aromatic N) is 1. The van der Waals surface area contributed by atoms with E-state index in [0.29, 0.717) is 5.70 Å². The highest BCUT2D eigenvalue weighted by molar-refractivity contribution is 5.70. The molecule has 0 unspecified atom stereocenters. The largest absolute Gasteiger partial charge is 0.336 e. The van der Waals surface area contributed by atoms with Gasteiger partial charge in [0.1, 0.15) is 0 Å². The molecule has 2 rings (SSSR count). The Labute approximate surface area is 106 Å². The van der Waals surface area contributed by atoms with Crippen LogP contribution in [0.1, 0.15) is 12.5 Å². The maximum Gasteiger partial charge on any atom is 0.256 e. The van der Waals surface area contributed by atoms with Gasteiger partial charge in [-0.05, 0) is 24.1 Å². The molecule has 0 radical (unpaired) electrons. The fraction of sp³-hybridized carbons (Fsp3) is 0.200. The van der Waals surface area contributed by atoms with E-state index in [2.05, 4.69) is 6.58 Å².